The largest absolute Gasteiger partial charge is 0.480 e. The van der Waals surface area contributed by atoms with Crippen LogP contribution in [-0.2, 0) is 4.79 Å². The van der Waals surface area contributed by atoms with Gasteiger partial charge in [0, 0.05) is 5.25 Å². The van der Waals surface area contributed by atoms with Gasteiger partial charge in [0.15, 0.2) is 0 Å². The summed E-state index contributed by atoms with van der Waals surface area (Å²) in [5.74, 6) is -1.02. The maximum absolute atomic E-state index is 10.3. The maximum atomic E-state index is 10.3. The van der Waals surface area contributed by atoms with E-state index in [2.05, 4.69) is 12.6 Å². The summed E-state index contributed by atoms with van der Waals surface area (Å²) >= 11 is 3.91. The van der Waals surface area contributed by atoms with Crippen LogP contribution < -0.4 is 5.73 Å². The molecule has 0 aliphatic rings. The fraction of sp³-hybridized carbons (Fsp3) is 0.800. The molecule has 0 fully saturated rings. The van der Waals surface area contributed by atoms with Crippen LogP contribution in [0.3, 0.4) is 0 Å². The summed E-state index contributed by atoms with van der Waals surface area (Å²) in [7, 11) is 0. The zero-order valence-corrected chi connectivity index (χ0v) is 7.58. The molecule has 0 aliphatic carbocycles. The Morgan fingerprint density at radius 2 is 2.10 bits per heavy atom. The minimum atomic E-state index is -1.22. The molecule has 0 spiro atoms. The summed E-state index contributed by atoms with van der Waals surface area (Å²) in [4.78, 5) is 10.3. The molecule has 0 amide bonds. The van der Waals surface area contributed by atoms with Crippen molar-refractivity contribution in [2.24, 2.45) is 5.73 Å². The molecule has 1 unspecified atom stereocenters. The van der Waals surface area contributed by atoms with Gasteiger partial charge in [-0.05, 0) is 6.92 Å². The number of hydrogen-bond acceptors (Lipinski definition) is 3. The number of nitrogens with two attached hydrogens (primary N) is 1. The second-order valence-electron chi connectivity index (χ2n) is 2.26. The lowest BCUT2D eigenvalue weighted by molar-refractivity contribution is -0.142. The van der Waals surface area contributed by atoms with Crippen LogP contribution in [0.5, 0.6) is 0 Å². The highest BCUT2D eigenvalue weighted by Crippen LogP contribution is 2.11. The molecule has 0 aromatic carbocycles. The van der Waals surface area contributed by atoms with Crippen molar-refractivity contribution in [3.8, 4) is 0 Å². The lowest BCUT2D eigenvalue weighted by atomic mass is 10.0. The van der Waals surface area contributed by atoms with Gasteiger partial charge in [-0.3, -0.25) is 4.79 Å². The number of aliphatic carboxylic acids is 1. The third-order valence-corrected chi connectivity index (χ3v) is 1.87. The highest BCUT2D eigenvalue weighted by molar-refractivity contribution is 7.81. The minimum absolute atomic E-state index is 0. The summed E-state index contributed by atoms with van der Waals surface area (Å²) < 4.78 is 0. The average molecular weight is 186 g/mol. The van der Waals surface area contributed by atoms with Gasteiger partial charge in [0.2, 0.25) is 0 Å². The van der Waals surface area contributed by atoms with Crippen LogP contribution in [0, 0.1) is 0 Å². The number of carboxylic acids is 1. The first-order valence-electron chi connectivity index (χ1n) is 2.59. The fourth-order valence-corrected chi connectivity index (χ4v) is 0.289. The molecule has 62 valence electrons. The van der Waals surface area contributed by atoms with Crippen LogP contribution in [0.4, 0.5) is 0 Å². The van der Waals surface area contributed by atoms with Gasteiger partial charge >= 0.3 is 5.97 Å². The Morgan fingerprint density at radius 1 is 1.80 bits per heavy atom. The summed E-state index contributed by atoms with van der Waals surface area (Å²) in [6, 6.07) is 0. The Balaban J connectivity index is 0. The maximum Gasteiger partial charge on any atom is 0.324 e. The standard InChI is InChI=1S/C5H11NO2S.ClH/c1-3(9)5(2,6)4(7)8;/h3,9H,6H2,1-2H3,(H,7,8);1H/t3-,5?;/m0./s1. The first-order valence-corrected chi connectivity index (χ1v) is 3.11. The summed E-state index contributed by atoms with van der Waals surface area (Å²) in [6.07, 6.45) is 0. The zero-order chi connectivity index (χ0) is 7.65. The summed E-state index contributed by atoms with van der Waals surface area (Å²) in [6.45, 7) is 3.09. The molecule has 0 saturated heterocycles. The molecule has 0 aromatic heterocycles. The van der Waals surface area contributed by atoms with Gasteiger partial charge in [0.05, 0.1) is 0 Å². The lowest BCUT2D eigenvalue weighted by Gasteiger charge is -2.22. The van der Waals surface area contributed by atoms with E-state index in [1.54, 1.807) is 6.92 Å². The van der Waals surface area contributed by atoms with Crippen LogP contribution in [0.25, 0.3) is 0 Å². The van der Waals surface area contributed by atoms with Crippen molar-refractivity contribution in [2.45, 2.75) is 24.6 Å². The van der Waals surface area contributed by atoms with Gasteiger partial charge in [-0.15, -0.1) is 12.4 Å². The quantitative estimate of drug-likeness (QED) is 0.550. The number of hydrogen-bond donors (Lipinski definition) is 3. The van der Waals surface area contributed by atoms with Crippen molar-refractivity contribution in [3.05, 3.63) is 0 Å². The molecule has 0 aliphatic heterocycles. The van der Waals surface area contributed by atoms with Gasteiger partial charge in [-0.2, -0.15) is 12.6 Å². The highest BCUT2D eigenvalue weighted by atomic mass is 35.5. The van der Waals surface area contributed by atoms with Crippen LogP contribution in [0.15, 0.2) is 0 Å². The van der Waals surface area contributed by atoms with E-state index in [1.807, 2.05) is 0 Å². The number of thiol groups is 1. The molecule has 0 heterocycles. The Kier molecular flexibility index (Phi) is 5.16. The molecule has 0 rings (SSSR count). The number of halogens is 1. The van der Waals surface area contributed by atoms with Crippen molar-refractivity contribution in [2.75, 3.05) is 0 Å². The van der Waals surface area contributed by atoms with Crippen LogP contribution in [0.2, 0.25) is 0 Å². The predicted octanol–water partition coefficient (Wildman–Crippen LogP) is 0.528. The summed E-state index contributed by atoms with van der Waals surface area (Å²) in [5.41, 5.74) is 4.11. The van der Waals surface area contributed by atoms with Gasteiger partial charge in [-0.25, -0.2) is 0 Å². The predicted molar refractivity (Wildman–Crippen MR) is 45.9 cm³/mol. The van der Waals surface area contributed by atoms with Crippen LogP contribution in [-0.4, -0.2) is 21.9 Å². The van der Waals surface area contributed by atoms with Crippen molar-refractivity contribution in [1.29, 1.82) is 0 Å². The van der Waals surface area contributed by atoms with E-state index >= 15 is 0 Å². The van der Waals surface area contributed by atoms with E-state index in [4.69, 9.17) is 10.8 Å². The van der Waals surface area contributed by atoms with Gasteiger partial charge in [-0.1, -0.05) is 6.92 Å². The van der Waals surface area contributed by atoms with Gasteiger partial charge < -0.3 is 10.8 Å². The molecule has 10 heavy (non-hydrogen) atoms. The fourth-order valence-electron chi connectivity index (χ4n) is 0.179. The molecule has 3 N–H and O–H groups in total. The third kappa shape index (κ3) is 2.77. The molecule has 2 atom stereocenters. The molecular weight excluding hydrogens is 174 g/mol. The van der Waals surface area contributed by atoms with Crippen molar-refractivity contribution in [1.82, 2.24) is 0 Å². The van der Waals surface area contributed by atoms with Crippen molar-refractivity contribution < 1.29 is 9.90 Å². The second kappa shape index (κ2) is 4.05. The molecule has 5 heteroatoms. The highest BCUT2D eigenvalue weighted by Gasteiger charge is 2.32. The van der Waals surface area contributed by atoms with Crippen molar-refractivity contribution in [3.63, 3.8) is 0 Å². The average Bonchev–Trinajstić information content (AvgIpc) is 1.65. The topological polar surface area (TPSA) is 63.3 Å². The van der Waals surface area contributed by atoms with Crippen LogP contribution in [0.1, 0.15) is 13.8 Å². The SMILES string of the molecule is C[C@H](S)C(C)(N)C(=O)O.Cl. The van der Waals surface area contributed by atoms with Crippen molar-refractivity contribution >= 4 is 31.0 Å². The van der Waals surface area contributed by atoms with Crippen LogP contribution >= 0.6 is 25.0 Å². The van der Waals surface area contributed by atoms with E-state index in [0.717, 1.165) is 0 Å². The minimum Gasteiger partial charge on any atom is -0.480 e. The van der Waals surface area contributed by atoms with Gasteiger partial charge in [0.1, 0.15) is 5.54 Å². The zero-order valence-electron chi connectivity index (χ0n) is 5.87. The molecule has 3 nitrogen and oxygen atoms in total. The van der Waals surface area contributed by atoms with E-state index in [1.165, 1.54) is 6.92 Å². The van der Waals surface area contributed by atoms with E-state index in [0.29, 0.717) is 0 Å². The molecule has 0 radical (unpaired) electrons. The monoisotopic (exact) mass is 185 g/mol. The molecular formula is C5H12ClNO2S. The Hall–Kier alpha value is 0.0700. The molecule has 0 bridgehead atoms. The number of carboxylic acid groups (broad SMARTS) is 1. The third-order valence-electron chi connectivity index (χ3n) is 1.33. The second-order valence-corrected chi connectivity index (χ2v) is 3.04. The van der Waals surface area contributed by atoms with E-state index in [9.17, 15) is 4.79 Å². The smallest absolute Gasteiger partial charge is 0.324 e. The first kappa shape index (κ1) is 12.7. The summed E-state index contributed by atoms with van der Waals surface area (Å²) in [5, 5.41) is 8.10. The molecule has 0 saturated carbocycles. The van der Waals surface area contributed by atoms with E-state index < -0.39 is 11.5 Å². The Labute approximate surface area is 71.8 Å². The Bertz CT molecular complexity index is 127. The van der Waals surface area contributed by atoms with Gasteiger partial charge in [0.25, 0.3) is 0 Å². The normalized spacial score (nSPS) is 18.4. The first-order chi connectivity index (χ1) is 3.89. The lowest BCUT2D eigenvalue weighted by Crippen LogP contribution is -2.51. The Morgan fingerprint density at radius 3 is 2.10 bits per heavy atom. The molecule has 0 aromatic rings. The number of rotatable bonds is 2. The number of carbonyl (C=O) groups is 1. The van der Waals surface area contributed by atoms with E-state index in [-0.39, 0.29) is 17.7 Å².